The van der Waals surface area contributed by atoms with Gasteiger partial charge in [-0.15, -0.1) is 0 Å². The molecule has 0 N–H and O–H groups in total. The Morgan fingerprint density at radius 1 is 1.42 bits per heavy atom. The van der Waals surface area contributed by atoms with Gasteiger partial charge in [0.2, 0.25) is 0 Å². The van der Waals surface area contributed by atoms with E-state index in [1.165, 1.54) is 6.08 Å². The molecule has 0 aliphatic carbocycles. The van der Waals surface area contributed by atoms with Gasteiger partial charge in [-0.2, -0.15) is 6.04 Å². The van der Waals surface area contributed by atoms with Crippen molar-refractivity contribution in [3.63, 3.8) is 0 Å². The van der Waals surface area contributed by atoms with Crippen LogP contribution in [0.2, 0.25) is 6.04 Å². The minimum atomic E-state index is -0.937. The third-order valence-corrected chi connectivity index (χ3v) is 2.51. The zero-order chi connectivity index (χ0) is 9.11. The molecule has 2 nitrogen and oxygen atoms in total. The van der Waals surface area contributed by atoms with Crippen molar-refractivity contribution in [1.29, 1.82) is 0 Å². The first kappa shape index (κ1) is 18.2. The fourth-order valence-electron chi connectivity index (χ4n) is 0.432. The molecule has 0 aliphatic heterocycles. The molecular weight excluding hydrogens is 163 g/mol. The smallest absolute Gasteiger partial charge is 0.565 e. The van der Waals surface area contributed by atoms with Crippen LogP contribution in [0.5, 0.6) is 0 Å². The molecule has 0 aromatic rings. The number of allylic oxidation sites excluding steroid dienone is 1. The standard InChI is InChI=1S/C5H12O2Si.C3H5.Li/c1-4-5-8(6-2)7-3;1-3-2;/h1,4-5H2,2-3H3;3H,1-2H2;/q-2;-1;+1. The summed E-state index contributed by atoms with van der Waals surface area (Å²) in [6.07, 6.45) is 2.40. The van der Waals surface area contributed by atoms with Crippen molar-refractivity contribution < 1.29 is 27.7 Å². The van der Waals surface area contributed by atoms with E-state index in [0.29, 0.717) is 0 Å². The van der Waals surface area contributed by atoms with E-state index in [-0.39, 0.29) is 18.9 Å². The summed E-state index contributed by atoms with van der Waals surface area (Å²) in [6, 6.07) is 0.970. The number of hydrogen-bond acceptors (Lipinski definition) is 2. The summed E-state index contributed by atoms with van der Waals surface area (Å²) in [4.78, 5) is 0. The van der Waals surface area contributed by atoms with Crippen molar-refractivity contribution >= 4 is 9.28 Å². The first-order valence-electron chi connectivity index (χ1n) is 3.39. The molecule has 0 fully saturated rings. The van der Waals surface area contributed by atoms with Crippen molar-refractivity contribution in [1.82, 2.24) is 0 Å². The van der Waals surface area contributed by atoms with Gasteiger partial charge in [-0.25, -0.2) is 26.0 Å². The normalized spacial score (nSPS) is 8.00. The van der Waals surface area contributed by atoms with E-state index >= 15 is 0 Å². The zero-order valence-corrected chi connectivity index (χ0v) is 9.43. The average Bonchev–Trinajstić information content (AvgIpc) is 2.02. The Hall–Kier alpha value is 0.344. The van der Waals surface area contributed by atoms with Gasteiger partial charge in [0.1, 0.15) is 0 Å². The quantitative estimate of drug-likeness (QED) is 0.408. The Morgan fingerprint density at radius 3 is 1.83 bits per heavy atom. The summed E-state index contributed by atoms with van der Waals surface area (Å²) in [6.45, 7) is 10.2. The predicted molar refractivity (Wildman–Crippen MR) is 50.1 cm³/mol. The summed E-state index contributed by atoms with van der Waals surface area (Å²) in [5, 5.41) is 0. The summed E-state index contributed by atoms with van der Waals surface area (Å²) in [7, 11) is 2.41. The molecule has 0 saturated heterocycles. The van der Waals surface area contributed by atoms with Gasteiger partial charge in [0.25, 0.3) is 0 Å². The molecule has 12 heavy (non-hydrogen) atoms. The first-order valence-corrected chi connectivity index (χ1v) is 4.92. The van der Waals surface area contributed by atoms with Crippen LogP contribution in [0.1, 0.15) is 6.42 Å². The van der Waals surface area contributed by atoms with Gasteiger partial charge in [-0.3, -0.25) is 0 Å². The van der Waals surface area contributed by atoms with E-state index in [4.69, 9.17) is 8.85 Å². The third-order valence-electron chi connectivity index (χ3n) is 0.836. The SMILES string of the molecule is C=C[CH2-].[CH2-]CC[Si-](OC)OC.[Li+]. The maximum absolute atomic E-state index is 4.98. The fourth-order valence-corrected chi connectivity index (χ4v) is 1.30. The van der Waals surface area contributed by atoms with Crippen LogP contribution in [0.15, 0.2) is 12.7 Å². The Morgan fingerprint density at radius 2 is 1.75 bits per heavy atom. The van der Waals surface area contributed by atoms with Crippen LogP contribution >= 0.6 is 0 Å². The molecule has 68 valence electrons. The molecule has 4 heteroatoms. The van der Waals surface area contributed by atoms with E-state index in [1.807, 2.05) is 0 Å². The Kier molecular flexibility index (Phi) is 26.4. The second-order valence-electron chi connectivity index (χ2n) is 1.67. The molecule has 0 radical (unpaired) electrons. The Labute approximate surface area is 90.4 Å². The molecule has 0 aromatic heterocycles. The molecular formula is C8H17LiO2Si-2. The van der Waals surface area contributed by atoms with E-state index in [9.17, 15) is 0 Å². The summed E-state index contributed by atoms with van der Waals surface area (Å²) in [5.41, 5.74) is 0. The van der Waals surface area contributed by atoms with Crippen LogP contribution in [0.3, 0.4) is 0 Å². The molecule has 0 spiro atoms. The van der Waals surface area contributed by atoms with Gasteiger partial charge >= 0.3 is 18.9 Å². The second-order valence-corrected chi connectivity index (χ2v) is 3.73. The topological polar surface area (TPSA) is 18.5 Å². The molecule has 0 bridgehead atoms. The van der Waals surface area contributed by atoms with E-state index in [1.54, 1.807) is 14.2 Å². The van der Waals surface area contributed by atoms with E-state index in [0.717, 1.165) is 12.5 Å². The third kappa shape index (κ3) is 16.7. The molecule has 0 rings (SSSR count). The van der Waals surface area contributed by atoms with Crippen LogP contribution in [0.25, 0.3) is 0 Å². The van der Waals surface area contributed by atoms with Crippen molar-refractivity contribution in [3.05, 3.63) is 26.5 Å². The maximum atomic E-state index is 4.98. The molecule has 0 aliphatic rings. The molecule has 0 aromatic carbocycles. The molecule has 0 amide bonds. The molecule has 0 heterocycles. The predicted octanol–water partition coefficient (Wildman–Crippen LogP) is -0.998. The summed E-state index contributed by atoms with van der Waals surface area (Å²) < 4.78 is 9.96. The number of hydrogen-bond donors (Lipinski definition) is 0. The van der Waals surface area contributed by atoms with Crippen LogP contribution in [0.4, 0.5) is 0 Å². The van der Waals surface area contributed by atoms with Crippen LogP contribution in [-0.2, 0) is 8.85 Å². The first-order chi connectivity index (χ1) is 5.26. The van der Waals surface area contributed by atoms with E-state index < -0.39 is 9.28 Å². The monoisotopic (exact) mass is 180 g/mol. The minimum Gasteiger partial charge on any atom is -0.565 e. The molecule has 0 unspecified atom stereocenters. The number of rotatable bonds is 4. The summed E-state index contributed by atoms with van der Waals surface area (Å²) in [5.74, 6) is 0. The van der Waals surface area contributed by atoms with Crippen molar-refractivity contribution in [2.75, 3.05) is 14.2 Å². The Bertz CT molecular complexity index is 77.5. The van der Waals surface area contributed by atoms with Gasteiger partial charge in [0.05, 0.1) is 0 Å². The maximum Gasteiger partial charge on any atom is 1.00 e. The van der Waals surface area contributed by atoms with Crippen molar-refractivity contribution in [2.24, 2.45) is 0 Å². The van der Waals surface area contributed by atoms with Crippen LogP contribution in [0, 0.1) is 13.8 Å². The van der Waals surface area contributed by atoms with Crippen molar-refractivity contribution in [3.8, 4) is 0 Å². The fraction of sp³-hybridized carbons (Fsp3) is 0.500. The van der Waals surface area contributed by atoms with Gasteiger partial charge in [-0.1, -0.05) is 0 Å². The second kappa shape index (κ2) is 17.4. The van der Waals surface area contributed by atoms with Gasteiger partial charge in [0.15, 0.2) is 0 Å². The van der Waals surface area contributed by atoms with Crippen LogP contribution < -0.4 is 18.9 Å². The van der Waals surface area contributed by atoms with Crippen LogP contribution in [-0.4, -0.2) is 23.5 Å². The van der Waals surface area contributed by atoms with E-state index in [2.05, 4.69) is 20.4 Å². The van der Waals surface area contributed by atoms with Gasteiger partial charge in [-0.05, 0) is 14.2 Å². The summed E-state index contributed by atoms with van der Waals surface area (Å²) >= 11 is 0. The van der Waals surface area contributed by atoms with Crippen molar-refractivity contribution in [2.45, 2.75) is 12.5 Å². The molecule has 0 saturated carbocycles. The minimum absolute atomic E-state index is 0. The Balaban J connectivity index is -0.000000177. The van der Waals surface area contributed by atoms with Gasteiger partial charge in [0, 0.05) is 9.28 Å². The zero-order valence-electron chi connectivity index (χ0n) is 8.43. The average molecular weight is 180 g/mol. The largest absolute Gasteiger partial charge is 1.00 e. The molecule has 0 atom stereocenters. The van der Waals surface area contributed by atoms with Gasteiger partial charge < -0.3 is 15.8 Å².